The van der Waals surface area contributed by atoms with Gasteiger partial charge in [0.2, 0.25) is 0 Å². The SMILES string of the molecule is Cc1cc(C)cc(OCCOC(=O)[C@H](CCS(C)(=O)=O)N2C(=O)c3ccccc3C2=O)c1. The minimum atomic E-state index is -3.44. The van der Waals surface area contributed by atoms with Crippen LogP contribution in [0, 0.1) is 13.8 Å². The van der Waals surface area contributed by atoms with Crippen LogP contribution in [0.25, 0.3) is 0 Å². The maximum Gasteiger partial charge on any atom is 0.329 e. The molecular formula is C23H25NO7S. The molecule has 1 aliphatic rings. The van der Waals surface area contributed by atoms with E-state index in [1.807, 2.05) is 32.0 Å². The van der Waals surface area contributed by atoms with Crippen LogP contribution in [0.2, 0.25) is 0 Å². The van der Waals surface area contributed by atoms with Crippen molar-refractivity contribution in [1.82, 2.24) is 4.90 Å². The zero-order chi connectivity index (χ0) is 23.5. The summed E-state index contributed by atoms with van der Waals surface area (Å²) in [7, 11) is -3.44. The molecule has 0 aromatic heterocycles. The van der Waals surface area contributed by atoms with E-state index in [4.69, 9.17) is 9.47 Å². The van der Waals surface area contributed by atoms with Gasteiger partial charge in [0.15, 0.2) is 0 Å². The van der Waals surface area contributed by atoms with Gasteiger partial charge in [0, 0.05) is 6.26 Å². The van der Waals surface area contributed by atoms with Gasteiger partial charge in [-0.25, -0.2) is 13.2 Å². The summed E-state index contributed by atoms with van der Waals surface area (Å²) in [6, 6.07) is 10.6. The van der Waals surface area contributed by atoms with Gasteiger partial charge in [-0.1, -0.05) is 18.2 Å². The van der Waals surface area contributed by atoms with E-state index >= 15 is 0 Å². The number of benzene rings is 2. The molecular weight excluding hydrogens is 434 g/mol. The Bertz CT molecular complexity index is 1100. The lowest BCUT2D eigenvalue weighted by Gasteiger charge is -2.24. The molecule has 3 rings (SSSR count). The van der Waals surface area contributed by atoms with Crippen molar-refractivity contribution in [2.24, 2.45) is 0 Å². The molecule has 0 saturated heterocycles. The second kappa shape index (κ2) is 9.52. The number of fused-ring (bicyclic) bond motifs is 1. The third kappa shape index (κ3) is 5.53. The van der Waals surface area contributed by atoms with Gasteiger partial charge in [-0.3, -0.25) is 14.5 Å². The second-order valence-electron chi connectivity index (χ2n) is 7.80. The molecule has 0 saturated carbocycles. The lowest BCUT2D eigenvalue weighted by Crippen LogP contribution is -2.46. The fourth-order valence-corrected chi connectivity index (χ4v) is 4.23. The molecule has 1 heterocycles. The Balaban J connectivity index is 1.69. The maximum atomic E-state index is 12.8. The molecule has 0 spiro atoms. The molecule has 0 aliphatic carbocycles. The Hall–Kier alpha value is -3.20. The summed E-state index contributed by atoms with van der Waals surface area (Å²) in [6.07, 6.45) is 0.774. The van der Waals surface area contributed by atoms with Crippen molar-refractivity contribution < 1.29 is 32.3 Å². The van der Waals surface area contributed by atoms with Crippen LogP contribution in [-0.2, 0) is 19.4 Å². The molecule has 1 atom stereocenters. The van der Waals surface area contributed by atoms with Crippen LogP contribution >= 0.6 is 0 Å². The summed E-state index contributed by atoms with van der Waals surface area (Å²) in [5, 5.41) is 0. The number of hydrogen-bond acceptors (Lipinski definition) is 7. The van der Waals surface area contributed by atoms with E-state index in [1.54, 1.807) is 12.1 Å². The molecule has 0 radical (unpaired) electrons. The molecule has 0 bridgehead atoms. The van der Waals surface area contributed by atoms with E-state index < -0.39 is 33.7 Å². The topological polar surface area (TPSA) is 107 Å². The van der Waals surface area contributed by atoms with E-state index in [0.717, 1.165) is 22.3 Å². The maximum absolute atomic E-state index is 12.8. The largest absolute Gasteiger partial charge is 0.490 e. The van der Waals surface area contributed by atoms with Crippen molar-refractivity contribution in [3.05, 3.63) is 64.7 Å². The van der Waals surface area contributed by atoms with E-state index in [-0.39, 0.29) is 36.5 Å². The molecule has 0 fully saturated rings. The van der Waals surface area contributed by atoms with Crippen LogP contribution in [-0.4, -0.2) is 62.4 Å². The quantitative estimate of drug-likeness (QED) is 0.322. The van der Waals surface area contributed by atoms with Crippen LogP contribution in [0.15, 0.2) is 42.5 Å². The highest BCUT2D eigenvalue weighted by Gasteiger charge is 2.43. The third-order valence-corrected chi connectivity index (χ3v) is 5.94. The number of carbonyl (C=O) groups excluding carboxylic acids is 3. The van der Waals surface area contributed by atoms with E-state index in [0.29, 0.717) is 5.75 Å². The van der Waals surface area contributed by atoms with Crippen molar-refractivity contribution in [2.45, 2.75) is 26.3 Å². The summed E-state index contributed by atoms with van der Waals surface area (Å²) >= 11 is 0. The average molecular weight is 460 g/mol. The van der Waals surface area contributed by atoms with Crippen molar-refractivity contribution in [3.8, 4) is 5.75 Å². The van der Waals surface area contributed by atoms with Gasteiger partial charge in [-0.05, 0) is 55.7 Å². The Morgan fingerprint density at radius 1 is 0.969 bits per heavy atom. The number of carbonyl (C=O) groups is 3. The molecule has 0 unspecified atom stereocenters. The lowest BCUT2D eigenvalue weighted by molar-refractivity contribution is -0.149. The number of aryl methyl sites for hydroxylation is 2. The average Bonchev–Trinajstić information content (AvgIpc) is 2.95. The van der Waals surface area contributed by atoms with Crippen molar-refractivity contribution in [3.63, 3.8) is 0 Å². The zero-order valence-electron chi connectivity index (χ0n) is 18.2. The Labute approximate surface area is 187 Å². The number of ether oxygens (including phenoxy) is 2. The first-order chi connectivity index (χ1) is 15.1. The summed E-state index contributed by atoms with van der Waals surface area (Å²) < 4.78 is 34.2. The molecule has 1 aliphatic heterocycles. The van der Waals surface area contributed by atoms with Crippen molar-refractivity contribution >= 4 is 27.6 Å². The highest BCUT2D eigenvalue weighted by molar-refractivity contribution is 7.90. The normalized spacial score (nSPS) is 14.3. The fourth-order valence-electron chi connectivity index (χ4n) is 3.58. The van der Waals surface area contributed by atoms with Gasteiger partial charge >= 0.3 is 5.97 Å². The summed E-state index contributed by atoms with van der Waals surface area (Å²) in [5.41, 5.74) is 2.41. The van der Waals surface area contributed by atoms with E-state index in [2.05, 4.69) is 0 Å². The van der Waals surface area contributed by atoms with E-state index in [9.17, 15) is 22.8 Å². The molecule has 2 aromatic carbocycles. The standard InChI is InChI=1S/C23H25NO7S/c1-15-12-16(2)14-17(13-15)30-9-10-31-23(27)20(8-11-32(3,28)29)24-21(25)18-6-4-5-7-19(18)22(24)26/h4-7,12-14,20H,8-11H2,1-3H3/t20-/m0/s1. The highest BCUT2D eigenvalue weighted by atomic mass is 32.2. The Morgan fingerprint density at radius 2 is 1.53 bits per heavy atom. The molecule has 2 aromatic rings. The number of amides is 2. The second-order valence-corrected chi connectivity index (χ2v) is 10.1. The number of nitrogens with zero attached hydrogens (tertiary/aromatic N) is 1. The molecule has 32 heavy (non-hydrogen) atoms. The molecule has 2 amide bonds. The number of esters is 1. The first kappa shape index (κ1) is 23.5. The van der Waals surface area contributed by atoms with Crippen molar-refractivity contribution in [2.75, 3.05) is 25.2 Å². The number of sulfone groups is 1. The third-order valence-electron chi connectivity index (χ3n) is 4.96. The van der Waals surface area contributed by atoms with Gasteiger partial charge in [-0.2, -0.15) is 0 Å². The molecule has 8 nitrogen and oxygen atoms in total. The van der Waals surface area contributed by atoms with Crippen molar-refractivity contribution in [1.29, 1.82) is 0 Å². The minimum Gasteiger partial charge on any atom is -0.490 e. The van der Waals surface area contributed by atoms with Crippen LogP contribution in [0.1, 0.15) is 38.3 Å². The monoisotopic (exact) mass is 459 g/mol. The smallest absolute Gasteiger partial charge is 0.329 e. The molecule has 170 valence electrons. The van der Waals surface area contributed by atoms with Gasteiger partial charge in [0.1, 0.15) is 34.8 Å². The van der Waals surface area contributed by atoms with Gasteiger partial charge in [0.05, 0.1) is 16.9 Å². The summed E-state index contributed by atoms with van der Waals surface area (Å²) in [4.78, 5) is 39.1. The number of imide groups is 1. The predicted molar refractivity (Wildman–Crippen MR) is 117 cm³/mol. The Kier molecular flexibility index (Phi) is 6.98. The minimum absolute atomic E-state index is 0.0650. The van der Waals surface area contributed by atoms with Crippen LogP contribution in [0.3, 0.4) is 0 Å². The first-order valence-corrected chi connectivity index (χ1v) is 12.2. The number of rotatable bonds is 9. The predicted octanol–water partition coefficient (Wildman–Crippen LogP) is 2.32. The molecule has 0 N–H and O–H groups in total. The lowest BCUT2D eigenvalue weighted by atomic mass is 10.1. The van der Waals surface area contributed by atoms with Crippen LogP contribution < -0.4 is 4.74 Å². The van der Waals surface area contributed by atoms with E-state index in [1.165, 1.54) is 12.1 Å². The first-order valence-electron chi connectivity index (χ1n) is 10.1. The molecule has 9 heteroatoms. The summed E-state index contributed by atoms with van der Waals surface area (Å²) in [5.74, 6) is -1.89. The van der Waals surface area contributed by atoms with Gasteiger partial charge in [0.25, 0.3) is 11.8 Å². The zero-order valence-corrected chi connectivity index (χ0v) is 19.0. The van der Waals surface area contributed by atoms with Crippen LogP contribution in [0.4, 0.5) is 0 Å². The van der Waals surface area contributed by atoms with Crippen LogP contribution in [0.5, 0.6) is 5.75 Å². The fraction of sp³-hybridized carbons (Fsp3) is 0.348. The highest BCUT2D eigenvalue weighted by Crippen LogP contribution is 2.26. The van der Waals surface area contributed by atoms with Gasteiger partial charge in [-0.15, -0.1) is 0 Å². The summed E-state index contributed by atoms with van der Waals surface area (Å²) in [6.45, 7) is 3.82. The Morgan fingerprint density at radius 3 is 2.06 bits per heavy atom. The number of hydrogen-bond donors (Lipinski definition) is 0. The van der Waals surface area contributed by atoms with Gasteiger partial charge < -0.3 is 9.47 Å².